The zero-order valence-electron chi connectivity index (χ0n) is 18.6. The van der Waals surface area contributed by atoms with E-state index in [1.807, 2.05) is 0 Å². The van der Waals surface area contributed by atoms with Crippen LogP contribution in [-0.2, 0) is 25.5 Å². The average molecular weight is 446 g/mol. The highest BCUT2D eigenvalue weighted by molar-refractivity contribution is 5.91. The van der Waals surface area contributed by atoms with Crippen LogP contribution >= 0.6 is 0 Å². The minimum absolute atomic E-state index is 0.145. The third kappa shape index (κ3) is 7.76. The van der Waals surface area contributed by atoms with Gasteiger partial charge in [0.2, 0.25) is 11.8 Å². The molecule has 8 heteroatoms. The van der Waals surface area contributed by atoms with E-state index in [0.717, 1.165) is 12.1 Å². The highest BCUT2D eigenvalue weighted by Gasteiger charge is 2.30. The number of carbonyl (C=O) groups excluding carboxylic acids is 3. The second kappa shape index (κ2) is 10.8. The van der Waals surface area contributed by atoms with Gasteiger partial charge in [0.25, 0.3) is 0 Å². The van der Waals surface area contributed by atoms with Crippen molar-refractivity contribution in [1.82, 2.24) is 10.6 Å². The van der Waals surface area contributed by atoms with Crippen LogP contribution in [0.4, 0.5) is 8.78 Å². The molecule has 0 spiro atoms. The summed E-state index contributed by atoms with van der Waals surface area (Å²) < 4.78 is 32.1. The van der Waals surface area contributed by atoms with Gasteiger partial charge in [-0.1, -0.05) is 37.3 Å². The first-order valence-electron chi connectivity index (χ1n) is 10.3. The summed E-state index contributed by atoms with van der Waals surface area (Å²) in [6.45, 7) is 6.86. The molecular weight excluding hydrogens is 418 g/mol. The second-order valence-electron chi connectivity index (χ2n) is 8.37. The standard InChI is InChI=1S/C24H28F2N2O4/c1-5-19(27-20(29)13-15-11-17(25)14-18(26)12-15)22(30)28-21(16-9-7-6-8-10-16)23(31)32-24(2,3)4/h6-12,14,19,21H,5,13H2,1-4H3,(H,27,29)(H,28,30)/t19-,21-/m0/s1. The fourth-order valence-corrected chi connectivity index (χ4v) is 3.02. The first-order chi connectivity index (χ1) is 15.0. The molecule has 0 fully saturated rings. The van der Waals surface area contributed by atoms with E-state index < -0.39 is 47.1 Å². The lowest BCUT2D eigenvalue weighted by Gasteiger charge is -2.26. The van der Waals surface area contributed by atoms with Gasteiger partial charge in [0.15, 0.2) is 6.04 Å². The predicted molar refractivity (Wildman–Crippen MR) is 115 cm³/mol. The van der Waals surface area contributed by atoms with Crippen LogP contribution in [0.2, 0.25) is 0 Å². The van der Waals surface area contributed by atoms with Gasteiger partial charge in [-0.25, -0.2) is 13.6 Å². The topological polar surface area (TPSA) is 84.5 Å². The van der Waals surface area contributed by atoms with Crippen molar-refractivity contribution in [2.75, 3.05) is 0 Å². The summed E-state index contributed by atoms with van der Waals surface area (Å²) in [5, 5.41) is 5.20. The zero-order valence-corrected chi connectivity index (χ0v) is 18.6. The van der Waals surface area contributed by atoms with Crippen molar-refractivity contribution in [2.45, 2.75) is 58.2 Å². The van der Waals surface area contributed by atoms with Crippen molar-refractivity contribution < 1.29 is 27.9 Å². The number of carbonyl (C=O) groups is 3. The Morgan fingerprint density at radius 2 is 1.56 bits per heavy atom. The number of hydrogen-bond donors (Lipinski definition) is 2. The van der Waals surface area contributed by atoms with E-state index >= 15 is 0 Å². The number of halogens is 2. The quantitative estimate of drug-likeness (QED) is 0.607. The molecule has 0 heterocycles. The minimum Gasteiger partial charge on any atom is -0.458 e. The van der Waals surface area contributed by atoms with Crippen molar-refractivity contribution in [3.05, 3.63) is 71.3 Å². The van der Waals surface area contributed by atoms with E-state index in [1.165, 1.54) is 0 Å². The van der Waals surface area contributed by atoms with E-state index in [2.05, 4.69) is 10.6 Å². The van der Waals surface area contributed by atoms with Gasteiger partial charge in [-0.2, -0.15) is 0 Å². The van der Waals surface area contributed by atoms with E-state index in [9.17, 15) is 23.2 Å². The highest BCUT2D eigenvalue weighted by atomic mass is 19.1. The molecule has 172 valence electrons. The summed E-state index contributed by atoms with van der Waals surface area (Å²) in [6.07, 6.45) is -0.0580. The molecule has 0 aromatic heterocycles. The lowest BCUT2D eigenvalue weighted by atomic mass is 10.1. The van der Waals surface area contributed by atoms with Crippen LogP contribution in [0, 0.1) is 11.6 Å². The van der Waals surface area contributed by atoms with Crippen molar-refractivity contribution in [3.8, 4) is 0 Å². The Morgan fingerprint density at radius 1 is 0.969 bits per heavy atom. The Balaban J connectivity index is 2.12. The Bertz CT molecular complexity index is 938. The molecule has 6 nitrogen and oxygen atoms in total. The molecule has 0 saturated carbocycles. The predicted octanol–water partition coefficient (Wildman–Crippen LogP) is 3.60. The normalized spacial score (nSPS) is 13.1. The van der Waals surface area contributed by atoms with Crippen molar-refractivity contribution in [2.24, 2.45) is 0 Å². The van der Waals surface area contributed by atoms with Crippen LogP contribution in [0.15, 0.2) is 48.5 Å². The third-order valence-electron chi connectivity index (χ3n) is 4.41. The molecule has 2 amide bonds. The van der Waals surface area contributed by atoms with Crippen LogP contribution < -0.4 is 10.6 Å². The number of benzene rings is 2. The summed E-state index contributed by atoms with van der Waals surface area (Å²) in [5.74, 6) is -3.37. The smallest absolute Gasteiger partial charge is 0.333 e. The first kappa shape index (κ1) is 25.0. The van der Waals surface area contributed by atoms with Gasteiger partial charge in [0.05, 0.1) is 6.42 Å². The average Bonchev–Trinajstić information content (AvgIpc) is 2.68. The van der Waals surface area contributed by atoms with Crippen LogP contribution in [0.5, 0.6) is 0 Å². The van der Waals surface area contributed by atoms with Gasteiger partial charge < -0.3 is 15.4 Å². The number of amides is 2. The number of esters is 1. The second-order valence-corrected chi connectivity index (χ2v) is 8.37. The molecule has 0 aliphatic carbocycles. The van der Waals surface area contributed by atoms with Gasteiger partial charge in [0.1, 0.15) is 23.3 Å². The maximum absolute atomic E-state index is 13.4. The van der Waals surface area contributed by atoms with E-state index in [1.54, 1.807) is 58.0 Å². The van der Waals surface area contributed by atoms with Gasteiger partial charge in [0, 0.05) is 6.07 Å². The minimum atomic E-state index is -1.06. The molecule has 2 rings (SSSR count). The Kier molecular flexibility index (Phi) is 8.46. The molecule has 32 heavy (non-hydrogen) atoms. The van der Waals surface area contributed by atoms with Crippen LogP contribution in [-0.4, -0.2) is 29.4 Å². The van der Waals surface area contributed by atoms with Gasteiger partial charge in [-0.05, 0) is 50.5 Å². The number of rotatable bonds is 8. The van der Waals surface area contributed by atoms with Gasteiger partial charge in [-0.3, -0.25) is 9.59 Å². The molecule has 0 saturated heterocycles. The van der Waals surface area contributed by atoms with E-state index in [0.29, 0.717) is 11.6 Å². The zero-order chi connectivity index (χ0) is 23.9. The largest absolute Gasteiger partial charge is 0.458 e. The SMILES string of the molecule is CC[C@H](NC(=O)Cc1cc(F)cc(F)c1)C(=O)N[C@H](C(=O)OC(C)(C)C)c1ccccc1. The molecule has 2 aromatic rings. The van der Waals surface area contributed by atoms with Gasteiger partial charge >= 0.3 is 5.97 Å². The first-order valence-corrected chi connectivity index (χ1v) is 10.3. The number of nitrogens with one attached hydrogen (secondary N) is 2. The van der Waals surface area contributed by atoms with Crippen molar-refractivity contribution in [3.63, 3.8) is 0 Å². The molecule has 0 bridgehead atoms. The Labute approximate surface area is 186 Å². The molecule has 0 aliphatic rings. The molecule has 0 unspecified atom stereocenters. The van der Waals surface area contributed by atoms with Crippen LogP contribution in [0.3, 0.4) is 0 Å². The van der Waals surface area contributed by atoms with Crippen molar-refractivity contribution >= 4 is 17.8 Å². The summed E-state index contributed by atoms with van der Waals surface area (Å²) >= 11 is 0. The highest BCUT2D eigenvalue weighted by Crippen LogP contribution is 2.19. The van der Waals surface area contributed by atoms with Crippen LogP contribution in [0.1, 0.15) is 51.3 Å². The Morgan fingerprint density at radius 3 is 2.09 bits per heavy atom. The molecular formula is C24H28F2N2O4. The lowest BCUT2D eigenvalue weighted by Crippen LogP contribution is -2.49. The van der Waals surface area contributed by atoms with Gasteiger partial charge in [-0.15, -0.1) is 0 Å². The van der Waals surface area contributed by atoms with Crippen LogP contribution in [0.25, 0.3) is 0 Å². The maximum atomic E-state index is 13.4. The lowest BCUT2D eigenvalue weighted by molar-refractivity contribution is -0.159. The summed E-state index contributed by atoms with van der Waals surface area (Å²) in [6, 6.07) is 9.42. The van der Waals surface area contributed by atoms with Crippen molar-refractivity contribution in [1.29, 1.82) is 0 Å². The number of ether oxygens (including phenoxy) is 1. The fraction of sp³-hybridized carbons (Fsp3) is 0.375. The number of hydrogen-bond acceptors (Lipinski definition) is 4. The Hall–Kier alpha value is -3.29. The summed E-state index contributed by atoms with van der Waals surface area (Å²) in [4.78, 5) is 38.0. The molecule has 0 aliphatic heterocycles. The summed E-state index contributed by atoms with van der Waals surface area (Å²) in [5.41, 5.74) is -0.0781. The van der Waals surface area contributed by atoms with E-state index in [-0.39, 0.29) is 18.4 Å². The summed E-state index contributed by atoms with van der Waals surface area (Å²) in [7, 11) is 0. The monoisotopic (exact) mass is 446 g/mol. The third-order valence-corrected chi connectivity index (χ3v) is 4.41. The molecule has 0 radical (unpaired) electrons. The molecule has 2 aromatic carbocycles. The van der Waals surface area contributed by atoms with E-state index in [4.69, 9.17) is 4.74 Å². The molecule has 2 atom stereocenters. The fourth-order valence-electron chi connectivity index (χ4n) is 3.02. The molecule has 2 N–H and O–H groups in total. The maximum Gasteiger partial charge on any atom is 0.333 e.